The van der Waals surface area contributed by atoms with Gasteiger partial charge in [0.2, 0.25) is 5.16 Å². The maximum Gasteiger partial charge on any atom is 0.260 e. The van der Waals surface area contributed by atoms with Crippen LogP contribution in [0.25, 0.3) is 32.7 Å². The van der Waals surface area contributed by atoms with E-state index in [1.807, 2.05) is 41.8 Å². The molecule has 5 aromatic rings. The summed E-state index contributed by atoms with van der Waals surface area (Å²) in [6.07, 6.45) is 0.997. The highest BCUT2D eigenvalue weighted by Crippen LogP contribution is 2.35. The maximum atomic E-state index is 12.8. The van der Waals surface area contributed by atoms with E-state index in [2.05, 4.69) is 44.2 Å². The van der Waals surface area contributed by atoms with Gasteiger partial charge in [0.1, 0.15) is 10.7 Å². The van der Waals surface area contributed by atoms with E-state index >= 15 is 0 Å². The van der Waals surface area contributed by atoms with Crippen LogP contribution in [0.3, 0.4) is 0 Å². The molecule has 5 rings (SSSR count). The van der Waals surface area contributed by atoms with Crippen molar-refractivity contribution in [3.8, 4) is 22.5 Å². The third-order valence-corrected chi connectivity index (χ3v) is 7.16. The van der Waals surface area contributed by atoms with E-state index in [0.717, 1.165) is 28.9 Å². The molecular formula is C23H18ClN5OS2. The third-order valence-electron chi connectivity index (χ3n) is 5.10. The summed E-state index contributed by atoms with van der Waals surface area (Å²) in [4.78, 5) is 25.6. The van der Waals surface area contributed by atoms with Crippen molar-refractivity contribution in [2.45, 2.75) is 24.3 Å². The van der Waals surface area contributed by atoms with Gasteiger partial charge in [-0.3, -0.25) is 9.89 Å². The van der Waals surface area contributed by atoms with Gasteiger partial charge in [-0.2, -0.15) is 0 Å². The molecule has 0 fully saturated rings. The molecule has 0 atom stereocenters. The summed E-state index contributed by atoms with van der Waals surface area (Å²) in [6.45, 7) is 2.13. The van der Waals surface area contributed by atoms with Crippen LogP contribution in [0.5, 0.6) is 0 Å². The molecule has 0 bridgehead atoms. The predicted octanol–water partition coefficient (Wildman–Crippen LogP) is 5.94. The first-order valence-electron chi connectivity index (χ1n) is 10.0. The number of nitrogens with one attached hydrogen (secondary N) is 2. The van der Waals surface area contributed by atoms with E-state index in [1.165, 1.54) is 28.7 Å². The van der Waals surface area contributed by atoms with Gasteiger partial charge in [0, 0.05) is 27.1 Å². The topological polar surface area (TPSA) is 87.3 Å². The van der Waals surface area contributed by atoms with E-state index in [0.29, 0.717) is 32.0 Å². The van der Waals surface area contributed by atoms with Crippen LogP contribution >= 0.6 is 34.7 Å². The van der Waals surface area contributed by atoms with Crippen molar-refractivity contribution in [2.24, 2.45) is 0 Å². The van der Waals surface area contributed by atoms with Crippen LogP contribution in [0.2, 0.25) is 5.02 Å². The number of fused-ring (bicyclic) bond motifs is 1. The molecule has 0 radical (unpaired) electrons. The molecule has 0 saturated carbocycles. The second kappa shape index (κ2) is 8.90. The van der Waals surface area contributed by atoms with Gasteiger partial charge >= 0.3 is 0 Å². The highest BCUT2D eigenvalue weighted by Gasteiger charge is 2.15. The highest BCUT2D eigenvalue weighted by molar-refractivity contribution is 7.98. The number of halogens is 1. The molecule has 9 heteroatoms. The highest BCUT2D eigenvalue weighted by atomic mass is 35.5. The Morgan fingerprint density at radius 2 is 1.88 bits per heavy atom. The molecule has 6 nitrogen and oxygen atoms in total. The maximum absolute atomic E-state index is 12.8. The Kier molecular flexibility index (Phi) is 5.82. The van der Waals surface area contributed by atoms with Crippen molar-refractivity contribution in [2.75, 3.05) is 0 Å². The number of hydrogen-bond acceptors (Lipinski definition) is 6. The lowest BCUT2D eigenvalue weighted by Crippen LogP contribution is -2.10. The quantitative estimate of drug-likeness (QED) is 0.294. The molecule has 0 aliphatic carbocycles. The first kappa shape index (κ1) is 20.9. The lowest BCUT2D eigenvalue weighted by molar-refractivity contribution is 0.966. The lowest BCUT2D eigenvalue weighted by Gasteiger charge is -2.03. The Bertz CT molecular complexity index is 1460. The van der Waals surface area contributed by atoms with Crippen LogP contribution in [0.15, 0.2) is 63.9 Å². The Hall–Kier alpha value is -2.94. The Balaban J connectivity index is 1.36. The number of thiophene rings is 1. The molecule has 2 aromatic carbocycles. The Morgan fingerprint density at radius 1 is 1.06 bits per heavy atom. The molecule has 160 valence electrons. The summed E-state index contributed by atoms with van der Waals surface area (Å²) in [6, 6.07) is 15.7. The number of aromatic nitrogens is 5. The zero-order valence-corrected chi connectivity index (χ0v) is 19.4. The second-order valence-corrected chi connectivity index (χ2v) is 9.34. The molecule has 0 amide bonds. The SMILES string of the molecule is CCc1ccc(-c2nc(SCc3nc4scc(-c5ccccc5Cl)c4c(=O)[nH]3)n[nH]2)cc1. The van der Waals surface area contributed by atoms with Crippen LogP contribution in [0, 0.1) is 0 Å². The molecule has 0 aliphatic heterocycles. The summed E-state index contributed by atoms with van der Waals surface area (Å²) in [5.41, 5.74) is 3.72. The van der Waals surface area contributed by atoms with Gasteiger partial charge in [-0.15, -0.1) is 16.4 Å². The third kappa shape index (κ3) is 4.09. The van der Waals surface area contributed by atoms with E-state index in [1.54, 1.807) is 0 Å². The van der Waals surface area contributed by atoms with E-state index < -0.39 is 0 Å². The van der Waals surface area contributed by atoms with Gasteiger partial charge in [0.25, 0.3) is 5.56 Å². The number of aryl methyl sites for hydroxylation is 1. The van der Waals surface area contributed by atoms with Crippen molar-refractivity contribution in [3.63, 3.8) is 0 Å². The van der Waals surface area contributed by atoms with E-state index in [-0.39, 0.29) is 5.56 Å². The van der Waals surface area contributed by atoms with Crippen LogP contribution < -0.4 is 5.56 Å². The normalized spacial score (nSPS) is 11.3. The number of hydrogen-bond donors (Lipinski definition) is 2. The first-order valence-corrected chi connectivity index (χ1v) is 12.3. The average molecular weight is 480 g/mol. The standard InChI is InChI=1S/C23H18ClN5OS2/c1-2-13-7-9-14(10-8-13)20-27-23(29-28-20)32-12-18-25-21(30)19-16(11-31-22(19)26-18)15-5-3-4-6-17(15)24/h3-11H,2,12H2,1H3,(H,25,26,30)(H,27,28,29). The van der Waals surface area contributed by atoms with Crippen molar-refractivity contribution in [3.05, 3.63) is 80.7 Å². The number of aromatic amines is 2. The number of thioether (sulfide) groups is 1. The van der Waals surface area contributed by atoms with Crippen LogP contribution in [0.1, 0.15) is 18.3 Å². The fraction of sp³-hybridized carbons (Fsp3) is 0.130. The minimum Gasteiger partial charge on any atom is -0.309 e. The fourth-order valence-electron chi connectivity index (χ4n) is 3.41. The fourth-order valence-corrected chi connectivity index (χ4v) is 5.27. The summed E-state index contributed by atoms with van der Waals surface area (Å²) >= 11 is 9.18. The van der Waals surface area contributed by atoms with E-state index in [9.17, 15) is 4.79 Å². The zero-order chi connectivity index (χ0) is 22.1. The van der Waals surface area contributed by atoms with Crippen molar-refractivity contribution in [1.29, 1.82) is 0 Å². The lowest BCUT2D eigenvalue weighted by atomic mass is 10.1. The summed E-state index contributed by atoms with van der Waals surface area (Å²) < 4.78 is 0. The minimum absolute atomic E-state index is 0.173. The smallest absolute Gasteiger partial charge is 0.260 e. The summed E-state index contributed by atoms with van der Waals surface area (Å²) in [5, 5.41) is 11.0. The zero-order valence-electron chi connectivity index (χ0n) is 17.1. The molecule has 0 aliphatic rings. The van der Waals surface area contributed by atoms with Crippen LogP contribution in [-0.4, -0.2) is 25.1 Å². The van der Waals surface area contributed by atoms with Crippen molar-refractivity contribution < 1.29 is 0 Å². The Morgan fingerprint density at radius 3 is 2.66 bits per heavy atom. The second-order valence-electron chi connectivity index (χ2n) is 7.13. The largest absolute Gasteiger partial charge is 0.309 e. The molecule has 0 unspecified atom stereocenters. The van der Waals surface area contributed by atoms with Crippen molar-refractivity contribution >= 4 is 44.9 Å². The van der Waals surface area contributed by atoms with Crippen LogP contribution in [0.4, 0.5) is 0 Å². The van der Waals surface area contributed by atoms with Gasteiger partial charge in [0.05, 0.1) is 11.1 Å². The molecule has 0 saturated heterocycles. The average Bonchev–Trinajstić information content (AvgIpc) is 3.46. The summed E-state index contributed by atoms with van der Waals surface area (Å²) in [7, 11) is 0. The van der Waals surface area contributed by atoms with E-state index in [4.69, 9.17) is 11.6 Å². The van der Waals surface area contributed by atoms with Gasteiger partial charge in [0.15, 0.2) is 5.82 Å². The van der Waals surface area contributed by atoms with Gasteiger partial charge in [-0.25, -0.2) is 9.97 Å². The summed E-state index contributed by atoms with van der Waals surface area (Å²) in [5.74, 6) is 1.75. The molecule has 3 aromatic heterocycles. The Labute approximate surface area is 197 Å². The molecule has 0 spiro atoms. The predicted molar refractivity (Wildman–Crippen MR) is 131 cm³/mol. The number of H-pyrrole nitrogens is 2. The van der Waals surface area contributed by atoms with Crippen LogP contribution in [-0.2, 0) is 12.2 Å². The molecular weight excluding hydrogens is 462 g/mol. The first-order chi connectivity index (χ1) is 15.6. The molecule has 32 heavy (non-hydrogen) atoms. The van der Waals surface area contributed by atoms with Gasteiger partial charge < -0.3 is 4.98 Å². The van der Waals surface area contributed by atoms with Gasteiger partial charge in [-0.05, 0) is 18.1 Å². The number of benzene rings is 2. The monoisotopic (exact) mass is 479 g/mol. The number of nitrogens with zero attached hydrogens (tertiary/aromatic N) is 3. The van der Waals surface area contributed by atoms with Crippen molar-refractivity contribution in [1.82, 2.24) is 25.1 Å². The minimum atomic E-state index is -0.173. The molecule has 2 N–H and O–H groups in total. The molecule has 3 heterocycles. The number of rotatable bonds is 6. The van der Waals surface area contributed by atoms with Gasteiger partial charge in [-0.1, -0.05) is 72.8 Å².